The number of likely N-dealkylation sites (N-methyl/N-ethyl adjacent to an activating group) is 1. The molecule has 0 radical (unpaired) electrons. The molecule has 1 rings (SSSR count). The monoisotopic (exact) mass is 266 g/mol. The lowest BCUT2D eigenvalue weighted by molar-refractivity contribution is -0.896. The normalized spacial score (nSPS) is 11.0. The van der Waals surface area contributed by atoms with E-state index in [0.717, 1.165) is 18.9 Å². The number of benzene rings is 1. The quantitative estimate of drug-likeness (QED) is 0.687. The van der Waals surface area contributed by atoms with Crippen molar-refractivity contribution in [3.63, 3.8) is 0 Å². The Kier molecular flexibility index (Phi) is 7.53. The molecule has 0 heterocycles. The molecular weight excluding hydrogens is 238 g/mol. The summed E-state index contributed by atoms with van der Waals surface area (Å²) >= 11 is 0. The van der Waals surface area contributed by atoms with Crippen LogP contribution in [0.4, 0.5) is 0 Å². The van der Waals surface area contributed by atoms with Crippen molar-refractivity contribution in [3.8, 4) is 5.75 Å². The predicted octanol–water partition coefficient (Wildman–Crippen LogP) is 1.62. The highest BCUT2D eigenvalue weighted by Gasteiger charge is 2.04. The van der Waals surface area contributed by atoms with E-state index < -0.39 is 0 Å². The summed E-state index contributed by atoms with van der Waals surface area (Å²) in [6.45, 7) is 14.1. The van der Waals surface area contributed by atoms with Crippen LogP contribution >= 0.6 is 0 Å². The van der Waals surface area contributed by atoms with Gasteiger partial charge in [-0.15, -0.1) is 0 Å². The molecule has 0 saturated carbocycles. The van der Waals surface area contributed by atoms with Gasteiger partial charge in [0.05, 0.1) is 26.3 Å². The van der Waals surface area contributed by atoms with Gasteiger partial charge in [-0.1, -0.05) is 18.2 Å². The van der Waals surface area contributed by atoms with E-state index in [-0.39, 0.29) is 0 Å². The number of rotatable bonds is 9. The van der Waals surface area contributed by atoms with Crippen LogP contribution < -0.4 is 9.64 Å². The fourth-order valence-corrected chi connectivity index (χ4v) is 2.15. The first-order valence-corrected chi connectivity index (χ1v) is 7.29. The van der Waals surface area contributed by atoms with E-state index in [4.69, 9.17) is 9.47 Å². The van der Waals surface area contributed by atoms with Crippen LogP contribution in [0.15, 0.2) is 18.2 Å². The van der Waals surface area contributed by atoms with Crippen LogP contribution in [0.3, 0.4) is 0 Å². The zero-order valence-electron chi connectivity index (χ0n) is 12.8. The van der Waals surface area contributed by atoms with Gasteiger partial charge in [-0.3, -0.25) is 0 Å². The molecule has 19 heavy (non-hydrogen) atoms. The average molecular weight is 266 g/mol. The van der Waals surface area contributed by atoms with E-state index in [0.29, 0.717) is 13.2 Å². The number of para-hydroxylation sites is 1. The molecule has 0 aromatic heterocycles. The maximum atomic E-state index is 5.80. The second-order valence-corrected chi connectivity index (χ2v) is 4.89. The first-order chi connectivity index (χ1) is 9.19. The molecule has 0 atom stereocenters. The Labute approximate surface area is 117 Å². The van der Waals surface area contributed by atoms with Crippen LogP contribution in [-0.2, 0) is 4.74 Å². The highest BCUT2D eigenvalue weighted by atomic mass is 16.5. The van der Waals surface area contributed by atoms with E-state index in [1.54, 1.807) is 4.90 Å². The molecule has 108 valence electrons. The number of quaternary nitrogens is 1. The van der Waals surface area contributed by atoms with Crippen LogP contribution in [0.2, 0.25) is 0 Å². The zero-order valence-corrected chi connectivity index (χ0v) is 12.8. The van der Waals surface area contributed by atoms with Gasteiger partial charge in [0.1, 0.15) is 18.9 Å². The third kappa shape index (κ3) is 5.62. The smallest absolute Gasteiger partial charge is 0.125 e. The summed E-state index contributed by atoms with van der Waals surface area (Å²) < 4.78 is 11.4. The minimum atomic E-state index is 0.624. The summed E-state index contributed by atoms with van der Waals surface area (Å²) in [5.41, 5.74) is 2.38. The molecule has 0 aliphatic carbocycles. The molecule has 0 unspecified atom stereocenters. The molecule has 0 fully saturated rings. The summed E-state index contributed by atoms with van der Waals surface area (Å²) in [5, 5.41) is 0. The van der Waals surface area contributed by atoms with Gasteiger partial charge in [-0.25, -0.2) is 0 Å². The van der Waals surface area contributed by atoms with Gasteiger partial charge >= 0.3 is 0 Å². The van der Waals surface area contributed by atoms with Crippen molar-refractivity contribution in [1.29, 1.82) is 0 Å². The Hall–Kier alpha value is -1.06. The van der Waals surface area contributed by atoms with Crippen LogP contribution in [0.5, 0.6) is 5.75 Å². The molecule has 0 amide bonds. The number of hydrogen-bond acceptors (Lipinski definition) is 2. The van der Waals surface area contributed by atoms with Gasteiger partial charge in [0, 0.05) is 0 Å². The molecule has 0 saturated heterocycles. The van der Waals surface area contributed by atoms with E-state index in [1.807, 2.05) is 0 Å². The van der Waals surface area contributed by atoms with Gasteiger partial charge in [-0.2, -0.15) is 0 Å². The molecule has 1 N–H and O–H groups in total. The van der Waals surface area contributed by atoms with Crippen LogP contribution in [-0.4, -0.2) is 39.5 Å². The molecule has 0 aliphatic rings. The predicted molar refractivity (Wildman–Crippen MR) is 79.1 cm³/mol. The van der Waals surface area contributed by atoms with Crippen molar-refractivity contribution >= 4 is 0 Å². The lowest BCUT2D eigenvalue weighted by atomic mass is 10.1. The van der Waals surface area contributed by atoms with Crippen molar-refractivity contribution in [2.75, 3.05) is 39.5 Å². The third-order valence-electron chi connectivity index (χ3n) is 3.48. The molecular formula is C16H28NO2+. The van der Waals surface area contributed by atoms with Gasteiger partial charge < -0.3 is 14.4 Å². The molecule has 0 spiro atoms. The van der Waals surface area contributed by atoms with Crippen molar-refractivity contribution in [1.82, 2.24) is 0 Å². The van der Waals surface area contributed by atoms with E-state index in [2.05, 4.69) is 45.9 Å². The molecule has 1 aromatic rings. The standard InChI is InChI=1S/C16H27NO2/c1-5-17(6-2)10-11-18-12-13-19-16-14(3)8-7-9-15(16)4/h7-9H,5-6,10-13H2,1-4H3/p+1. The summed E-state index contributed by atoms with van der Waals surface area (Å²) in [6, 6.07) is 6.21. The topological polar surface area (TPSA) is 22.9 Å². The third-order valence-corrected chi connectivity index (χ3v) is 3.48. The Morgan fingerprint density at radius 3 is 2.16 bits per heavy atom. The lowest BCUT2D eigenvalue weighted by Gasteiger charge is -2.15. The van der Waals surface area contributed by atoms with Crippen LogP contribution in [0, 0.1) is 13.8 Å². The Morgan fingerprint density at radius 1 is 0.947 bits per heavy atom. The molecule has 0 bridgehead atoms. The first kappa shape index (κ1) is 16.0. The highest BCUT2D eigenvalue weighted by molar-refractivity contribution is 5.39. The van der Waals surface area contributed by atoms with Gasteiger partial charge in [0.25, 0.3) is 0 Å². The second-order valence-electron chi connectivity index (χ2n) is 4.89. The SMILES string of the molecule is CC[NH+](CC)CCOCCOc1c(C)cccc1C. The molecule has 3 nitrogen and oxygen atoms in total. The maximum Gasteiger partial charge on any atom is 0.125 e. The van der Waals surface area contributed by atoms with Crippen molar-refractivity contribution in [3.05, 3.63) is 29.3 Å². The summed E-state index contributed by atoms with van der Waals surface area (Å²) in [6.07, 6.45) is 0. The maximum absolute atomic E-state index is 5.80. The second kappa shape index (κ2) is 8.94. The number of ether oxygens (including phenoxy) is 2. The Bertz CT molecular complexity index is 342. The van der Waals surface area contributed by atoms with E-state index in [1.165, 1.54) is 24.2 Å². The van der Waals surface area contributed by atoms with Gasteiger partial charge in [0.15, 0.2) is 0 Å². The summed E-state index contributed by atoms with van der Waals surface area (Å²) in [5.74, 6) is 1.00. The average Bonchev–Trinajstić information content (AvgIpc) is 2.41. The Balaban J connectivity index is 2.17. The fourth-order valence-electron chi connectivity index (χ4n) is 2.15. The van der Waals surface area contributed by atoms with Gasteiger partial charge in [-0.05, 0) is 38.8 Å². The van der Waals surface area contributed by atoms with E-state index in [9.17, 15) is 0 Å². The molecule has 1 aromatic carbocycles. The number of aryl methyl sites for hydroxylation is 2. The lowest BCUT2D eigenvalue weighted by Crippen LogP contribution is -3.11. The van der Waals surface area contributed by atoms with Gasteiger partial charge in [0.2, 0.25) is 0 Å². The van der Waals surface area contributed by atoms with E-state index >= 15 is 0 Å². The van der Waals surface area contributed by atoms with Crippen LogP contribution in [0.25, 0.3) is 0 Å². The molecule has 0 aliphatic heterocycles. The summed E-state index contributed by atoms with van der Waals surface area (Å²) in [7, 11) is 0. The Morgan fingerprint density at radius 2 is 1.58 bits per heavy atom. The van der Waals surface area contributed by atoms with Crippen LogP contribution in [0.1, 0.15) is 25.0 Å². The van der Waals surface area contributed by atoms with Crippen molar-refractivity contribution < 1.29 is 14.4 Å². The first-order valence-electron chi connectivity index (χ1n) is 7.29. The summed E-state index contributed by atoms with van der Waals surface area (Å²) in [4.78, 5) is 1.58. The number of nitrogens with one attached hydrogen (secondary N) is 1. The highest BCUT2D eigenvalue weighted by Crippen LogP contribution is 2.21. The minimum absolute atomic E-state index is 0.624. The molecule has 3 heteroatoms. The zero-order chi connectivity index (χ0) is 14.1. The number of hydrogen-bond donors (Lipinski definition) is 1. The van der Waals surface area contributed by atoms with Crippen molar-refractivity contribution in [2.45, 2.75) is 27.7 Å². The van der Waals surface area contributed by atoms with Crippen molar-refractivity contribution in [2.24, 2.45) is 0 Å². The minimum Gasteiger partial charge on any atom is -0.491 e. The largest absolute Gasteiger partial charge is 0.491 e. The fraction of sp³-hybridized carbons (Fsp3) is 0.625.